The number of amides is 1. The van der Waals surface area contributed by atoms with Crippen LogP contribution in [0.5, 0.6) is 5.75 Å². The number of aliphatic hydroxyl groups is 1. The number of nitrogens with one attached hydrogen (secondary N) is 1. The van der Waals surface area contributed by atoms with Crippen LogP contribution in [0.15, 0.2) is 18.2 Å². The predicted octanol–water partition coefficient (Wildman–Crippen LogP) is 0.961. The standard InChI is InChI=1S/C13H18FNO4/c1-18-8-10(5-6-16)15-13(17)9-3-4-12(19-2)11(14)7-9/h3-4,7,10,16H,5-6,8H2,1-2H3,(H,15,17). The fourth-order valence-corrected chi connectivity index (χ4v) is 1.63. The van der Waals surface area contributed by atoms with Gasteiger partial charge in [0.25, 0.3) is 5.91 Å². The van der Waals surface area contributed by atoms with E-state index in [1.807, 2.05) is 0 Å². The van der Waals surface area contributed by atoms with Gasteiger partial charge >= 0.3 is 0 Å². The lowest BCUT2D eigenvalue weighted by molar-refractivity contribution is 0.0878. The minimum absolute atomic E-state index is 0.0642. The molecule has 106 valence electrons. The molecule has 1 rings (SSSR count). The second-order valence-electron chi connectivity index (χ2n) is 3.99. The molecule has 2 N–H and O–H groups in total. The Morgan fingerprint density at radius 2 is 2.21 bits per heavy atom. The lowest BCUT2D eigenvalue weighted by atomic mass is 10.1. The van der Waals surface area contributed by atoms with Crippen LogP contribution >= 0.6 is 0 Å². The quantitative estimate of drug-likeness (QED) is 0.775. The highest BCUT2D eigenvalue weighted by atomic mass is 19.1. The van der Waals surface area contributed by atoms with Gasteiger partial charge in [0.05, 0.1) is 19.8 Å². The maximum atomic E-state index is 13.5. The first kappa shape index (κ1) is 15.4. The number of benzene rings is 1. The number of aliphatic hydroxyl groups excluding tert-OH is 1. The van der Waals surface area contributed by atoms with Gasteiger partial charge in [-0.1, -0.05) is 0 Å². The Bertz CT molecular complexity index is 419. The first-order valence-corrected chi connectivity index (χ1v) is 5.86. The second-order valence-corrected chi connectivity index (χ2v) is 3.99. The zero-order valence-electron chi connectivity index (χ0n) is 11.0. The van der Waals surface area contributed by atoms with Gasteiger partial charge in [-0.05, 0) is 24.6 Å². The third-order valence-corrected chi connectivity index (χ3v) is 2.59. The number of carbonyl (C=O) groups excluding carboxylic acids is 1. The summed E-state index contributed by atoms with van der Waals surface area (Å²) in [5, 5.41) is 11.5. The van der Waals surface area contributed by atoms with Crippen molar-refractivity contribution in [2.45, 2.75) is 12.5 Å². The number of hydrogen-bond acceptors (Lipinski definition) is 4. The first-order chi connectivity index (χ1) is 9.12. The fraction of sp³-hybridized carbons (Fsp3) is 0.462. The highest BCUT2D eigenvalue weighted by Gasteiger charge is 2.15. The van der Waals surface area contributed by atoms with Crippen molar-refractivity contribution in [3.63, 3.8) is 0 Å². The van der Waals surface area contributed by atoms with Gasteiger partial charge in [-0.15, -0.1) is 0 Å². The molecule has 0 aliphatic carbocycles. The molecule has 6 heteroatoms. The van der Waals surface area contributed by atoms with Crippen LogP contribution in [0.2, 0.25) is 0 Å². The van der Waals surface area contributed by atoms with Gasteiger partial charge in [-0.25, -0.2) is 4.39 Å². The second kappa shape index (κ2) is 7.70. The lowest BCUT2D eigenvalue weighted by Gasteiger charge is -2.17. The summed E-state index contributed by atoms with van der Waals surface area (Å²) in [4.78, 5) is 11.9. The Labute approximate surface area is 111 Å². The number of ether oxygens (including phenoxy) is 2. The maximum absolute atomic E-state index is 13.5. The average Bonchev–Trinajstić information content (AvgIpc) is 2.39. The summed E-state index contributed by atoms with van der Waals surface area (Å²) in [7, 11) is 2.86. The van der Waals surface area contributed by atoms with E-state index in [1.165, 1.54) is 26.4 Å². The van der Waals surface area contributed by atoms with Crippen LogP contribution in [0, 0.1) is 5.82 Å². The summed E-state index contributed by atoms with van der Waals surface area (Å²) in [6.07, 6.45) is 0.373. The molecule has 1 aromatic rings. The molecule has 0 fully saturated rings. The fourth-order valence-electron chi connectivity index (χ4n) is 1.63. The van der Waals surface area contributed by atoms with Crippen LogP contribution in [0.1, 0.15) is 16.8 Å². The molecule has 1 atom stereocenters. The monoisotopic (exact) mass is 271 g/mol. The molecule has 5 nitrogen and oxygen atoms in total. The molecule has 19 heavy (non-hydrogen) atoms. The third-order valence-electron chi connectivity index (χ3n) is 2.59. The van der Waals surface area contributed by atoms with E-state index < -0.39 is 11.7 Å². The van der Waals surface area contributed by atoms with Crippen molar-refractivity contribution < 1.29 is 23.8 Å². The Morgan fingerprint density at radius 1 is 1.47 bits per heavy atom. The molecule has 0 spiro atoms. The number of rotatable bonds is 7. The molecule has 0 aromatic heterocycles. The van der Waals surface area contributed by atoms with Gasteiger partial charge in [0.2, 0.25) is 0 Å². The van der Waals surface area contributed by atoms with Crippen LogP contribution in [0.3, 0.4) is 0 Å². The first-order valence-electron chi connectivity index (χ1n) is 5.86. The van der Waals surface area contributed by atoms with Crippen molar-refractivity contribution in [2.75, 3.05) is 27.4 Å². The van der Waals surface area contributed by atoms with E-state index >= 15 is 0 Å². The van der Waals surface area contributed by atoms with Crippen molar-refractivity contribution in [1.29, 1.82) is 0 Å². The van der Waals surface area contributed by atoms with Crippen LogP contribution in [-0.2, 0) is 4.74 Å². The van der Waals surface area contributed by atoms with Crippen molar-refractivity contribution >= 4 is 5.91 Å². The lowest BCUT2D eigenvalue weighted by Crippen LogP contribution is -2.38. The zero-order valence-corrected chi connectivity index (χ0v) is 11.0. The molecule has 0 radical (unpaired) electrons. The van der Waals surface area contributed by atoms with Gasteiger partial charge < -0.3 is 19.9 Å². The molecule has 0 aliphatic heterocycles. The molecule has 0 bridgehead atoms. The van der Waals surface area contributed by atoms with Crippen molar-refractivity contribution in [3.05, 3.63) is 29.6 Å². The third kappa shape index (κ3) is 4.50. The Kier molecular flexibility index (Phi) is 6.24. The van der Waals surface area contributed by atoms with Crippen molar-refractivity contribution in [1.82, 2.24) is 5.32 Å². The predicted molar refractivity (Wildman–Crippen MR) is 67.8 cm³/mol. The molecule has 0 saturated heterocycles. The minimum Gasteiger partial charge on any atom is -0.494 e. The van der Waals surface area contributed by atoms with E-state index in [1.54, 1.807) is 0 Å². The van der Waals surface area contributed by atoms with E-state index in [-0.39, 0.29) is 30.6 Å². The Morgan fingerprint density at radius 3 is 2.74 bits per heavy atom. The topological polar surface area (TPSA) is 67.8 Å². The molecule has 1 amide bonds. The molecule has 1 aromatic carbocycles. The van der Waals surface area contributed by atoms with Gasteiger partial charge in [-0.3, -0.25) is 4.79 Å². The molecule has 0 saturated carbocycles. The van der Waals surface area contributed by atoms with Gasteiger partial charge in [0.1, 0.15) is 0 Å². The normalized spacial score (nSPS) is 12.0. The average molecular weight is 271 g/mol. The maximum Gasteiger partial charge on any atom is 0.251 e. The minimum atomic E-state index is -0.597. The molecular formula is C13H18FNO4. The smallest absolute Gasteiger partial charge is 0.251 e. The largest absolute Gasteiger partial charge is 0.494 e. The molecular weight excluding hydrogens is 253 g/mol. The summed E-state index contributed by atoms with van der Waals surface area (Å²) in [5.74, 6) is -0.932. The molecule has 0 heterocycles. The highest BCUT2D eigenvalue weighted by Crippen LogP contribution is 2.17. The van der Waals surface area contributed by atoms with Crippen LogP contribution in [-0.4, -0.2) is 44.5 Å². The van der Waals surface area contributed by atoms with Crippen molar-refractivity contribution in [2.24, 2.45) is 0 Å². The van der Waals surface area contributed by atoms with Crippen LogP contribution < -0.4 is 10.1 Å². The molecule has 1 unspecified atom stereocenters. The number of halogens is 1. The van der Waals surface area contributed by atoms with Crippen LogP contribution in [0.4, 0.5) is 4.39 Å². The van der Waals surface area contributed by atoms with E-state index in [2.05, 4.69) is 5.32 Å². The van der Waals surface area contributed by atoms with E-state index in [9.17, 15) is 9.18 Å². The van der Waals surface area contributed by atoms with Crippen molar-refractivity contribution in [3.8, 4) is 5.75 Å². The van der Waals surface area contributed by atoms with Crippen LogP contribution in [0.25, 0.3) is 0 Å². The number of methoxy groups -OCH3 is 2. The molecule has 0 aliphatic rings. The zero-order chi connectivity index (χ0) is 14.3. The van der Waals surface area contributed by atoms with Gasteiger partial charge in [0, 0.05) is 19.3 Å². The van der Waals surface area contributed by atoms with E-state index in [0.29, 0.717) is 6.42 Å². The summed E-state index contributed by atoms with van der Waals surface area (Å²) in [6.45, 7) is 0.218. The van der Waals surface area contributed by atoms with Gasteiger partial charge in [0.15, 0.2) is 11.6 Å². The summed E-state index contributed by atoms with van der Waals surface area (Å²) < 4.78 is 23.2. The highest BCUT2D eigenvalue weighted by molar-refractivity contribution is 5.94. The Hall–Kier alpha value is -1.66. The Balaban J connectivity index is 2.73. The number of hydrogen-bond donors (Lipinski definition) is 2. The van der Waals surface area contributed by atoms with Gasteiger partial charge in [-0.2, -0.15) is 0 Å². The van der Waals surface area contributed by atoms with E-state index in [0.717, 1.165) is 6.07 Å². The summed E-state index contributed by atoms with van der Waals surface area (Å²) in [6, 6.07) is 3.66. The summed E-state index contributed by atoms with van der Waals surface area (Å²) >= 11 is 0. The SMILES string of the molecule is COCC(CCO)NC(=O)c1ccc(OC)c(F)c1. The number of carbonyl (C=O) groups is 1. The van der Waals surface area contributed by atoms with E-state index in [4.69, 9.17) is 14.6 Å². The summed E-state index contributed by atoms with van der Waals surface area (Å²) in [5.41, 5.74) is 0.192.